The molecule has 202 valence electrons. The average Bonchev–Trinajstić information content (AvgIpc) is 3.53. The average molecular weight is 530 g/mol. The molecule has 5 heterocycles. The largest absolute Gasteiger partial charge is 0.493 e. The highest BCUT2D eigenvalue weighted by molar-refractivity contribution is 5.75. The number of ether oxygens (including phenoxy) is 2. The van der Waals surface area contributed by atoms with Crippen molar-refractivity contribution in [1.29, 1.82) is 0 Å². The van der Waals surface area contributed by atoms with Crippen LogP contribution in [0.25, 0.3) is 28.3 Å². The van der Waals surface area contributed by atoms with Gasteiger partial charge in [-0.2, -0.15) is 23.4 Å². The fourth-order valence-electron chi connectivity index (χ4n) is 5.18. The molecule has 0 saturated carbocycles. The van der Waals surface area contributed by atoms with Gasteiger partial charge < -0.3 is 14.4 Å². The first kappa shape index (κ1) is 26.1. The van der Waals surface area contributed by atoms with Crippen LogP contribution in [-0.4, -0.2) is 81.3 Å². The number of methoxy groups -OCH3 is 2. The van der Waals surface area contributed by atoms with E-state index in [4.69, 9.17) is 9.47 Å². The minimum absolute atomic E-state index is 0.0186. The van der Waals surface area contributed by atoms with Crippen LogP contribution < -0.4 is 4.74 Å². The number of aromatic nitrogens is 6. The summed E-state index contributed by atoms with van der Waals surface area (Å²) in [6.45, 7) is 5.57. The second-order valence-corrected chi connectivity index (χ2v) is 9.58. The number of aromatic amines is 1. The maximum absolute atomic E-state index is 13.7. The van der Waals surface area contributed by atoms with Gasteiger partial charge in [-0.15, -0.1) is 0 Å². The molecule has 0 aliphatic carbocycles. The topological polar surface area (TPSA) is 93.5 Å². The molecule has 4 aromatic heterocycles. The van der Waals surface area contributed by atoms with Crippen molar-refractivity contribution in [3.63, 3.8) is 0 Å². The highest BCUT2D eigenvalue weighted by Crippen LogP contribution is 2.37. The van der Waals surface area contributed by atoms with Gasteiger partial charge in [0.15, 0.2) is 11.4 Å². The molecule has 0 aromatic carbocycles. The molecule has 0 radical (unpaired) electrons. The quantitative estimate of drug-likeness (QED) is 0.361. The zero-order valence-electron chi connectivity index (χ0n) is 21.5. The van der Waals surface area contributed by atoms with Gasteiger partial charge >= 0.3 is 6.18 Å². The molecule has 38 heavy (non-hydrogen) atoms. The first-order valence-electron chi connectivity index (χ1n) is 12.5. The van der Waals surface area contributed by atoms with Crippen LogP contribution in [0.3, 0.4) is 0 Å². The van der Waals surface area contributed by atoms with Crippen molar-refractivity contribution in [2.24, 2.45) is 0 Å². The van der Waals surface area contributed by atoms with Gasteiger partial charge in [0.25, 0.3) is 0 Å². The number of likely N-dealkylation sites (tertiary alicyclic amines) is 1. The highest BCUT2D eigenvalue weighted by Gasteiger charge is 2.33. The van der Waals surface area contributed by atoms with Gasteiger partial charge in [-0.05, 0) is 62.0 Å². The molecule has 1 fully saturated rings. The second-order valence-electron chi connectivity index (χ2n) is 9.58. The van der Waals surface area contributed by atoms with Crippen molar-refractivity contribution in [3.8, 4) is 28.4 Å². The van der Waals surface area contributed by atoms with Crippen molar-refractivity contribution in [1.82, 2.24) is 34.7 Å². The fourth-order valence-corrected chi connectivity index (χ4v) is 5.18. The number of nitrogens with one attached hydrogen (secondary N) is 1. The Morgan fingerprint density at radius 2 is 1.92 bits per heavy atom. The van der Waals surface area contributed by atoms with E-state index in [-0.39, 0.29) is 17.0 Å². The van der Waals surface area contributed by atoms with E-state index in [0.717, 1.165) is 43.6 Å². The Kier molecular flexibility index (Phi) is 7.35. The van der Waals surface area contributed by atoms with Crippen molar-refractivity contribution in [2.45, 2.75) is 38.3 Å². The first-order chi connectivity index (χ1) is 18.3. The SMILES string of the molecule is COCCN1CCC(c2cnc(-c3n[nH]c(-c4cc(OC)c5ncnn5c4)c3CC(F)(F)F)cc2C)CC1. The van der Waals surface area contributed by atoms with E-state index in [0.29, 0.717) is 35.2 Å². The monoisotopic (exact) mass is 529 g/mol. The third-order valence-electron chi connectivity index (χ3n) is 7.13. The van der Waals surface area contributed by atoms with E-state index in [1.807, 2.05) is 13.0 Å². The number of hydrogen-bond donors (Lipinski definition) is 1. The van der Waals surface area contributed by atoms with E-state index in [1.165, 1.54) is 18.0 Å². The highest BCUT2D eigenvalue weighted by atomic mass is 19.4. The molecule has 1 N–H and O–H groups in total. The van der Waals surface area contributed by atoms with Gasteiger partial charge in [0, 0.05) is 37.2 Å². The van der Waals surface area contributed by atoms with E-state index in [1.54, 1.807) is 25.6 Å². The van der Waals surface area contributed by atoms with Crippen molar-refractivity contribution >= 4 is 5.65 Å². The second kappa shape index (κ2) is 10.7. The molecule has 0 amide bonds. The molecule has 1 aliphatic rings. The van der Waals surface area contributed by atoms with Gasteiger partial charge in [-0.1, -0.05) is 0 Å². The summed E-state index contributed by atoms with van der Waals surface area (Å²) in [6, 6.07) is 3.47. The summed E-state index contributed by atoms with van der Waals surface area (Å²) >= 11 is 0. The fraction of sp³-hybridized carbons (Fsp3) is 0.462. The van der Waals surface area contributed by atoms with Gasteiger partial charge in [0.2, 0.25) is 0 Å². The van der Waals surface area contributed by atoms with Crippen LogP contribution in [-0.2, 0) is 11.2 Å². The van der Waals surface area contributed by atoms with Gasteiger partial charge in [0.05, 0.1) is 31.5 Å². The van der Waals surface area contributed by atoms with Crippen molar-refractivity contribution < 1.29 is 22.6 Å². The van der Waals surface area contributed by atoms with Crippen LogP contribution in [0.4, 0.5) is 13.2 Å². The number of aryl methyl sites for hydroxylation is 1. The number of nitrogens with zero attached hydrogens (tertiary/aromatic N) is 6. The zero-order chi connectivity index (χ0) is 26.9. The van der Waals surface area contributed by atoms with Crippen molar-refractivity contribution in [3.05, 3.63) is 47.5 Å². The normalized spacial score (nSPS) is 15.4. The molecule has 1 aliphatic heterocycles. The van der Waals surface area contributed by atoms with E-state index >= 15 is 0 Å². The molecule has 0 atom stereocenters. The van der Waals surface area contributed by atoms with Crippen LogP contribution in [0.1, 0.15) is 35.4 Å². The number of pyridine rings is 2. The van der Waals surface area contributed by atoms with Crippen molar-refractivity contribution in [2.75, 3.05) is 40.5 Å². The van der Waals surface area contributed by atoms with E-state index in [2.05, 4.69) is 30.2 Å². The molecule has 1 saturated heterocycles. The maximum Gasteiger partial charge on any atom is 0.393 e. The van der Waals surface area contributed by atoms with Crippen LogP contribution in [0.15, 0.2) is 30.9 Å². The molecular formula is C26H30F3N7O2. The number of hydrogen-bond acceptors (Lipinski definition) is 7. The molecule has 5 rings (SSSR count). The van der Waals surface area contributed by atoms with Crippen LogP contribution in [0, 0.1) is 6.92 Å². The summed E-state index contributed by atoms with van der Waals surface area (Å²) in [6.07, 6.45) is 1.16. The molecule has 0 bridgehead atoms. The lowest BCUT2D eigenvalue weighted by Gasteiger charge is -2.32. The summed E-state index contributed by atoms with van der Waals surface area (Å²) in [5.74, 6) is 0.752. The number of H-pyrrole nitrogens is 1. The third-order valence-corrected chi connectivity index (χ3v) is 7.13. The maximum atomic E-state index is 13.7. The predicted octanol–water partition coefficient (Wildman–Crippen LogP) is 4.43. The van der Waals surface area contributed by atoms with Crippen LogP contribution in [0.5, 0.6) is 5.75 Å². The number of halogens is 3. The molecule has 4 aromatic rings. The zero-order valence-corrected chi connectivity index (χ0v) is 21.5. The first-order valence-corrected chi connectivity index (χ1v) is 12.5. The standard InChI is InChI=1S/C26H30F3N7O2/c1-16-10-21(30-13-20(16)17-4-6-35(7-5-17)8-9-37-2)24-19(12-26(27,28)29)23(33-34-24)18-11-22(38-3)25-31-15-32-36(25)14-18/h10-11,13-15,17H,4-9,12H2,1-3H3,(H,33,34). The van der Waals surface area contributed by atoms with E-state index < -0.39 is 12.6 Å². The number of piperidine rings is 1. The minimum Gasteiger partial charge on any atom is -0.493 e. The number of fused-ring (bicyclic) bond motifs is 1. The minimum atomic E-state index is -4.44. The Bertz CT molecular complexity index is 1410. The lowest BCUT2D eigenvalue weighted by atomic mass is 9.87. The Labute approximate surface area is 218 Å². The molecular weight excluding hydrogens is 499 g/mol. The Balaban J connectivity index is 1.47. The lowest BCUT2D eigenvalue weighted by molar-refractivity contribution is -0.127. The number of alkyl halides is 3. The summed E-state index contributed by atoms with van der Waals surface area (Å²) in [4.78, 5) is 11.1. The molecule has 0 spiro atoms. The summed E-state index contributed by atoms with van der Waals surface area (Å²) in [5.41, 5.74) is 3.88. The van der Waals surface area contributed by atoms with Crippen LogP contribution >= 0.6 is 0 Å². The Morgan fingerprint density at radius 3 is 2.61 bits per heavy atom. The third kappa shape index (κ3) is 5.37. The lowest BCUT2D eigenvalue weighted by Crippen LogP contribution is -2.35. The smallest absolute Gasteiger partial charge is 0.393 e. The van der Waals surface area contributed by atoms with Crippen LogP contribution in [0.2, 0.25) is 0 Å². The van der Waals surface area contributed by atoms with E-state index in [9.17, 15) is 13.2 Å². The van der Waals surface area contributed by atoms with Gasteiger partial charge in [-0.3, -0.25) is 10.1 Å². The summed E-state index contributed by atoms with van der Waals surface area (Å²) < 4.78 is 53.2. The summed E-state index contributed by atoms with van der Waals surface area (Å²) in [5, 5.41) is 11.2. The molecule has 9 nitrogen and oxygen atoms in total. The Hall–Kier alpha value is -3.51. The predicted molar refractivity (Wildman–Crippen MR) is 135 cm³/mol. The Morgan fingerprint density at radius 1 is 1.13 bits per heavy atom. The number of rotatable bonds is 8. The molecule has 0 unspecified atom stereocenters. The van der Waals surface area contributed by atoms with Gasteiger partial charge in [0.1, 0.15) is 12.0 Å². The molecule has 12 heteroatoms. The van der Waals surface area contributed by atoms with Gasteiger partial charge in [-0.25, -0.2) is 9.50 Å². The summed E-state index contributed by atoms with van der Waals surface area (Å²) in [7, 11) is 3.18.